The van der Waals surface area contributed by atoms with Crippen molar-refractivity contribution in [2.24, 2.45) is 5.92 Å². The van der Waals surface area contributed by atoms with Crippen LogP contribution in [-0.2, 0) is 17.8 Å². The van der Waals surface area contributed by atoms with Gasteiger partial charge in [-0.1, -0.05) is 31.0 Å². The van der Waals surface area contributed by atoms with E-state index in [1.807, 2.05) is 0 Å². The maximum atomic E-state index is 12.1. The number of hydrogen-bond acceptors (Lipinski definition) is 4. The zero-order chi connectivity index (χ0) is 13.1. The molecule has 0 radical (unpaired) electrons. The highest BCUT2D eigenvalue weighted by molar-refractivity contribution is 7.99. The van der Waals surface area contributed by atoms with Crippen molar-refractivity contribution in [2.45, 2.75) is 63.1 Å². The van der Waals surface area contributed by atoms with E-state index in [0.717, 1.165) is 36.8 Å². The minimum atomic E-state index is 0.319. The average molecular weight is 279 g/mol. The van der Waals surface area contributed by atoms with Gasteiger partial charge in [0.05, 0.1) is 5.75 Å². The van der Waals surface area contributed by atoms with Gasteiger partial charge in [0, 0.05) is 18.9 Å². The summed E-state index contributed by atoms with van der Waals surface area (Å²) in [5.41, 5.74) is 0. The van der Waals surface area contributed by atoms with Crippen LogP contribution in [0.25, 0.3) is 0 Å². The molecule has 0 atom stereocenters. The fourth-order valence-electron chi connectivity index (χ4n) is 3.07. The van der Waals surface area contributed by atoms with Crippen LogP contribution in [0.15, 0.2) is 5.16 Å². The van der Waals surface area contributed by atoms with Crippen LogP contribution in [0.4, 0.5) is 0 Å². The molecule has 0 N–H and O–H groups in total. The normalized spacial score (nSPS) is 20.2. The first-order valence-electron chi connectivity index (χ1n) is 7.42. The largest absolute Gasteiger partial charge is 0.306 e. The molecule has 1 aromatic rings. The van der Waals surface area contributed by atoms with E-state index in [0.29, 0.717) is 17.5 Å². The summed E-state index contributed by atoms with van der Waals surface area (Å²) in [6.45, 7) is 1.02. The third-order valence-corrected chi connectivity index (χ3v) is 5.22. The molecule has 3 rings (SSSR count). The van der Waals surface area contributed by atoms with E-state index in [1.165, 1.54) is 32.1 Å². The predicted molar refractivity (Wildman–Crippen MR) is 75.3 cm³/mol. The molecule has 2 aliphatic rings. The van der Waals surface area contributed by atoms with Crippen LogP contribution in [-0.4, -0.2) is 26.3 Å². The number of aromatic nitrogens is 3. The number of fused-ring (bicyclic) bond motifs is 1. The standard InChI is InChI=1S/C14H21N3OS/c18-12(11-6-3-4-7-11)10-19-14-16-15-13-8-2-1-5-9-17(13)14/h11H,1-10H2. The summed E-state index contributed by atoms with van der Waals surface area (Å²) in [5, 5.41) is 9.48. The highest BCUT2D eigenvalue weighted by Crippen LogP contribution is 2.28. The Labute approximate surface area is 118 Å². The lowest BCUT2D eigenvalue weighted by Crippen LogP contribution is -2.13. The number of carbonyl (C=O) groups excluding carboxylic acids is 1. The van der Waals surface area contributed by atoms with Crippen LogP contribution in [0.5, 0.6) is 0 Å². The maximum Gasteiger partial charge on any atom is 0.191 e. The molecule has 0 amide bonds. The SMILES string of the molecule is O=C(CSc1nnc2n1CCCCC2)C1CCCC1. The Bertz CT molecular complexity index is 452. The van der Waals surface area contributed by atoms with Crippen LogP contribution in [0.1, 0.15) is 50.8 Å². The van der Waals surface area contributed by atoms with E-state index in [-0.39, 0.29) is 0 Å². The van der Waals surface area contributed by atoms with E-state index < -0.39 is 0 Å². The molecular weight excluding hydrogens is 258 g/mol. The Kier molecular flexibility index (Phi) is 4.21. The van der Waals surface area contributed by atoms with Gasteiger partial charge in [-0.05, 0) is 25.7 Å². The molecule has 104 valence electrons. The molecule has 5 heteroatoms. The molecule has 0 unspecified atom stereocenters. The van der Waals surface area contributed by atoms with Gasteiger partial charge in [-0.15, -0.1) is 10.2 Å². The fraction of sp³-hybridized carbons (Fsp3) is 0.786. The molecule has 19 heavy (non-hydrogen) atoms. The van der Waals surface area contributed by atoms with Crippen LogP contribution >= 0.6 is 11.8 Å². The zero-order valence-electron chi connectivity index (χ0n) is 11.3. The topological polar surface area (TPSA) is 47.8 Å². The minimum Gasteiger partial charge on any atom is -0.306 e. The number of Topliss-reactive ketones (excluding diaryl/α,β-unsaturated/α-hetero) is 1. The number of hydrogen-bond donors (Lipinski definition) is 0. The van der Waals surface area contributed by atoms with Gasteiger partial charge in [0.25, 0.3) is 0 Å². The molecule has 0 saturated heterocycles. The van der Waals surface area contributed by atoms with Gasteiger partial charge in [0.2, 0.25) is 0 Å². The van der Waals surface area contributed by atoms with E-state index >= 15 is 0 Å². The molecule has 0 aromatic carbocycles. The lowest BCUT2D eigenvalue weighted by atomic mass is 10.0. The molecule has 2 heterocycles. The van der Waals surface area contributed by atoms with Crippen molar-refractivity contribution in [2.75, 3.05) is 5.75 Å². The van der Waals surface area contributed by atoms with E-state index in [1.54, 1.807) is 11.8 Å². The van der Waals surface area contributed by atoms with Gasteiger partial charge in [-0.3, -0.25) is 4.79 Å². The third-order valence-electron chi connectivity index (χ3n) is 4.23. The van der Waals surface area contributed by atoms with E-state index in [2.05, 4.69) is 14.8 Å². The van der Waals surface area contributed by atoms with Gasteiger partial charge in [0.15, 0.2) is 5.16 Å². The Morgan fingerprint density at radius 1 is 1.16 bits per heavy atom. The summed E-state index contributed by atoms with van der Waals surface area (Å²) in [7, 11) is 0. The van der Waals surface area contributed by atoms with Gasteiger partial charge in [-0.25, -0.2) is 0 Å². The summed E-state index contributed by atoms with van der Waals surface area (Å²) in [4.78, 5) is 12.1. The van der Waals surface area contributed by atoms with Gasteiger partial charge in [-0.2, -0.15) is 0 Å². The first kappa shape index (κ1) is 13.2. The number of rotatable bonds is 4. The van der Waals surface area contributed by atoms with Crippen molar-refractivity contribution in [3.8, 4) is 0 Å². The van der Waals surface area contributed by atoms with E-state index in [4.69, 9.17) is 0 Å². The number of carbonyl (C=O) groups is 1. The first-order chi connectivity index (χ1) is 9.34. The summed E-state index contributed by atoms with van der Waals surface area (Å²) in [6.07, 6.45) is 9.36. The molecule has 4 nitrogen and oxygen atoms in total. The lowest BCUT2D eigenvalue weighted by molar-refractivity contribution is -0.120. The molecule has 1 aliphatic heterocycles. The van der Waals surface area contributed by atoms with Crippen LogP contribution < -0.4 is 0 Å². The Morgan fingerprint density at radius 3 is 2.84 bits per heavy atom. The van der Waals surface area contributed by atoms with Crippen LogP contribution in [0.3, 0.4) is 0 Å². The highest BCUT2D eigenvalue weighted by atomic mass is 32.2. The summed E-state index contributed by atoms with van der Waals surface area (Å²) >= 11 is 1.59. The third kappa shape index (κ3) is 3.02. The smallest absolute Gasteiger partial charge is 0.191 e. The summed E-state index contributed by atoms with van der Waals surface area (Å²) < 4.78 is 2.22. The first-order valence-corrected chi connectivity index (χ1v) is 8.41. The molecule has 0 spiro atoms. The summed E-state index contributed by atoms with van der Waals surface area (Å²) in [5.74, 6) is 2.41. The lowest BCUT2D eigenvalue weighted by Gasteiger charge is -2.08. The molecule has 1 fully saturated rings. The van der Waals surface area contributed by atoms with Crippen LogP contribution in [0.2, 0.25) is 0 Å². The average Bonchev–Trinajstić information content (AvgIpc) is 3.02. The second-order valence-electron chi connectivity index (χ2n) is 5.60. The van der Waals surface area contributed by atoms with Crippen LogP contribution in [0, 0.1) is 5.92 Å². The predicted octanol–water partition coefficient (Wildman–Crippen LogP) is 2.86. The maximum absolute atomic E-state index is 12.1. The summed E-state index contributed by atoms with van der Waals surface area (Å²) in [6, 6.07) is 0. The molecule has 1 saturated carbocycles. The number of thioether (sulfide) groups is 1. The fourth-order valence-corrected chi connectivity index (χ4v) is 4.02. The van der Waals surface area contributed by atoms with Crippen molar-refractivity contribution >= 4 is 17.5 Å². The van der Waals surface area contributed by atoms with Crippen molar-refractivity contribution in [1.82, 2.24) is 14.8 Å². The Balaban J connectivity index is 1.60. The van der Waals surface area contributed by atoms with Gasteiger partial charge >= 0.3 is 0 Å². The van der Waals surface area contributed by atoms with Crippen molar-refractivity contribution < 1.29 is 4.79 Å². The van der Waals surface area contributed by atoms with Crippen molar-refractivity contribution in [1.29, 1.82) is 0 Å². The van der Waals surface area contributed by atoms with Gasteiger partial charge < -0.3 is 4.57 Å². The van der Waals surface area contributed by atoms with Gasteiger partial charge in [0.1, 0.15) is 11.6 Å². The molecule has 1 aliphatic carbocycles. The molecule has 0 bridgehead atoms. The minimum absolute atomic E-state index is 0.319. The number of nitrogens with zero attached hydrogens (tertiary/aromatic N) is 3. The Hall–Kier alpha value is -0.840. The monoisotopic (exact) mass is 279 g/mol. The quantitative estimate of drug-likeness (QED) is 0.795. The second-order valence-corrected chi connectivity index (χ2v) is 6.54. The highest BCUT2D eigenvalue weighted by Gasteiger charge is 2.23. The van der Waals surface area contributed by atoms with Crippen molar-refractivity contribution in [3.05, 3.63) is 5.82 Å². The van der Waals surface area contributed by atoms with E-state index in [9.17, 15) is 4.79 Å². The van der Waals surface area contributed by atoms with Crippen molar-refractivity contribution in [3.63, 3.8) is 0 Å². The zero-order valence-corrected chi connectivity index (χ0v) is 12.1. The molecular formula is C14H21N3OS. The second kappa shape index (κ2) is 6.07. The number of ketones is 1. The Morgan fingerprint density at radius 2 is 2.00 bits per heavy atom. The molecule has 1 aromatic heterocycles. The number of aryl methyl sites for hydroxylation is 1.